The first-order valence-electron chi connectivity index (χ1n) is 11.6. The first-order valence-corrected chi connectivity index (χ1v) is 11.6. The molecular formula is C26H39N3O4. The number of alkyl carbamates (subject to hydrolysis) is 1. The monoisotopic (exact) mass is 457 g/mol. The fourth-order valence-electron chi connectivity index (χ4n) is 3.31. The molecule has 0 aliphatic rings. The number of terminal acetylenes is 1. The van der Waals surface area contributed by atoms with Crippen LogP contribution in [0.1, 0.15) is 78.0 Å². The van der Waals surface area contributed by atoms with Gasteiger partial charge < -0.3 is 15.4 Å². The lowest BCUT2D eigenvalue weighted by molar-refractivity contribution is -0.139. The van der Waals surface area contributed by atoms with Gasteiger partial charge >= 0.3 is 6.09 Å². The van der Waals surface area contributed by atoms with Gasteiger partial charge in [-0.15, -0.1) is 0 Å². The van der Waals surface area contributed by atoms with Gasteiger partial charge in [0.25, 0.3) is 5.91 Å². The zero-order valence-corrected chi connectivity index (χ0v) is 21.0. The third kappa shape index (κ3) is 8.45. The number of aryl methyl sites for hydroxylation is 1. The van der Waals surface area contributed by atoms with E-state index in [0.29, 0.717) is 18.5 Å². The Balaban J connectivity index is 3.36. The normalized spacial score (nSPS) is 13.8. The van der Waals surface area contributed by atoms with Crippen LogP contribution < -0.4 is 10.6 Å². The molecule has 0 saturated heterocycles. The number of hydrogen-bond acceptors (Lipinski definition) is 4. The highest BCUT2D eigenvalue weighted by atomic mass is 16.6. The van der Waals surface area contributed by atoms with Crippen molar-refractivity contribution in [3.05, 3.63) is 35.4 Å². The lowest BCUT2D eigenvalue weighted by Crippen LogP contribution is -2.54. The minimum Gasteiger partial charge on any atom is -0.444 e. The molecule has 7 nitrogen and oxygen atoms in total. The maximum Gasteiger partial charge on any atom is 0.408 e. The van der Waals surface area contributed by atoms with Gasteiger partial charge in [0, 0.05) is 12.6 Å². The number of ether oxygens (including phenoxy) is 1. The summed E-state index contributed by atoms with van der Waals surface area (Å²) < 4.78 is 5.35. The predicted octanol–water partition coefficient (Wildman–Crippen LogP) is 4.31. The van der Waals surface area contributed by atoms with Gasteiger partial charge in [0.15, 0.2) is 0 Å². The minimum absolute atomic E-state index is 0.235. The van der Waals surface area contributed by atoms with Crippen molar-refractivity contribution in [1.29, 1.82) is 0 Å². The number of unbranched alkanes of at least 4 members (excludes halogenated alkanes) is 1. The van der Waals surface area contributed by atoms with E-state index in [-0.39, 0.29) is 11.8 Å². The highest BCUT2D eigenvalue weighted by Crippen LogP contribution is 2.26. The third-order valence-electron chi connectivity index (χ3n) is 5.35. The minimum atomic E-state index is -1.02. The highest BCUT2D eigenvalue weighted by Gasteiger charge is 2.38. The van der Waals surface area contributed by atoms with Gasteiger partial charge in [-0.1, -0.05) is 64.3 Å². The maximum atomic E-state index is 13.7. The molecule has 3 atom stereocenters. The molecule has 0 radical (unpaired) electrons. The average Bonchev–Trinajstić information content (AvgIpc) is 2.74. The van der Waals surface area contributed by atoms with Crippen LogP contribution >= 0.6 is 0 Å². The van der Waals surface area contributed by atoms with E-state index in [2.05, 4.69) is 16.7 Å². The van der Waals surface area contributed by atoms with E-state index in [4.69, 9.17) is 11.2 Å². The molecule has 0 aliphatic carbocycles. The second-order valence-electron chi connectivity index (χ2n) is 9.25. The number of nitrogens with one attached hydrogen (secondary N) is 2. The van der Waals surface area contributed by atoms with Crippen molar-refractivity contribution in [3.63, 3.8) is 0 Å². The number of benzene rings is 1. The van der Waals surface area contributed by atoms with Crippen molar-refractivity contribution in [3.8, 4) is 12.5 Å². The van der Waals surface area contributed by atoms with Crippen LogP contribution in [0.25, 0.3) is 0 Å². The lowest BCUT2D eigenvalue weighted by Gasteiger charge is -2.33. The van der Waals surface area contributed by atoms with Crippen LogP contribution in [-0.2, 0) is 14.3 Å². The number of hydrogen-bond donors (Lipinski definition) is 2. The molecule has 3 amide bonds. The van der Waals surface area contributed by atoms with Crippen LogP contribution in [0.15, 0.2) is 24.3 Å². The second kappa shape index (κ2) is 12.9. The molecule has 1 rings (SSSR count). The molecule has 0 heterocycles. The molecule has 33 heavy (non-hydrogen) atoms. The standard InChI is InChI=1S/C26H39N3O4/c1-9-12-17-27-23(30)22(20-16-14-13-15-19(20)5)29(11-3)24(31)21(18(4)10-2)28-25(32)33-26(6,7)8/h3,13-16,18,21-22H,9-10,12,17H2,1-2,4-8H3,(H,27,30)(H,28,32). The van der Waals surface area contributed by atoms with Crippen LogP contribution in [0.3, 0.4) is 0 Å². The summed E-state index contributed by atoms with van der Waals surface area (Å²) in [4.78, 5) is 40.5. The van der Waals surface area contributed by atoms with Gasteiger partial charge in [-0.3, -0.25) is 14.5 Å². The smallest absolute Gasteiger partial charge is 0.408 e. The highest BCUT2D eigenvalue weighted by molar-refractivity contribution is 5.93. The average molecular weight is 458 g/mol. The Morgan fingerprint density at radius 3 is 2.33 bits per heavy atom. The fourth-order valence-corrected chi connectivity index (χ4v) is 3.31. The molecule has 1 aromatic rings. The molecule has 3 unspecified atom stereocenters. The van der Waals surface area contributed by atoms with Gasteiger partial charge in [0.2, 0.25) is 5.91 Å². The van der Waals surface area contributed by atoms with Gasteiger partial charge in [-0.2, -0.15) is 0 Å². The number of nitrogens with zero attached hydrogens (tertiary/aromatic N) is 1. The molecule has 0 fully saturated rings. The van der Waals surface area contributed by atoms with Crippen molar-refractivity contribution in [2.45, 2.75) is 85.4 Å². The summed E-state index contributed by atoms with van der Waals surface area (Å²) in [6.07, 6.45) is 7.43. The molecule has 2 N–H and O–H groups in total. The molecule has 0 aromatic heterocycles. The zero-order valence-electron chi connectivity index (χ0n) is 21.0. The van der Waals surface area contributed by atoms with Crippen LogP contribution in [0.5, 0.6) is 0 Å². The molecule has 0 spiro atoms. The van der Waals surface area contributed by atoms with Gasteiger partial charge in [0.05, 0.1) is 0 Å². The van der Waals surface area contributed by atoms with Crippen LogP contribution in [0.2, 0.25) is 0 Å². The van der Waals surface area contributed by atoms with Gasteiger partial charge in [0.1, 0.15) is 17.7 Å². The first kappa shape index (κ1) is 28.0. The van der Waals surface area contributed by atoms with Crippen molar-refractivity contribution >= 4 is 17.9 Å². The first-order chi connectivity index (χ1) is 15.5. The molecular weight excluding hydrogens is 418 g/mol. The molecule has 182 valence electrons. The van der Waals surface area contributed by atoms with E-state index in [1.807, 2.05) is 39.8 Å². The van der Waals surface area contributed by atoms with Crippen molar-refractivity contribution in [2.24, 2.45) is 5.92 Å². The van der Waals surface area contributed by atoms with Crippen LogP contribution in [0, 0.1) is 25.3 Å². The van der Waals surface area contributed by atoms with Crippen LogP contribution in [-0.4, -0.2) is 41.0 Å². The fraction of sp³-hybridized carbons (Fsp3) is 0.577. The predicted molar refractivity (Wildman–Crippen MR) is 130 cm³/mol. The Labute approximate surface area is 198 Å². The van der Waals surface area contributed by atoms with E-state index in [9.17, 15) is 14.4 Å². The summed E-state index contributed by atoms with van der Waals surface area (Å²) in [7, 11) is 0. The molecule has 0 saturated carbocycles. The molecule has 1 aromatic carbocycles. The van der Waals surface area contributed by atoms with Crippen LogP contribution in [0.4, 0.5) is 4.79 Å². The molecule has 0 aliphatic heterocycles. The van der Waals surface area contributed by atoms with E-state index in [1.165, 1.54) is 0 Å². The van der Waals surface area contributed by atoms with E-state index in [1.54, 1.807) is 32.9 Å². The maximum absolute atomic E-state index is 13.7. The summed E-state index contributed by atoms with van der Waals surface area (Å²) in [5.74, 6) is -1.12. The number of amides is 3. The lowest BCUT2D eigenvalue weighted by atomic mass is 9.95. The SMILES string of the molecule is C#CN(C(=O)C(NC(=O)OC(C)(C)C)C(C)CC)C(C(=O)NCCCC)c1ccccc1C. The van der Waals surface area contributed by atoms with E-state index >= 15 is 0 Å². The summed E-state index contributed by atoms with van der Waals surface area (Å²) in [6.45, 7) is 13.4. The third-order valence-corrected chi connectivity index (χ3v) is 5.35. The quantitative estimate of drug-likeness (QED) is 0.311. The van der Waals surface area contributed by atoms with Crippen molar-refractivity contribution < 1.29 is 19.1 Å². The Morgan fingerprint density at radius 1 is 1.18 bits per heavy atom. The summed E-state index contributed by atoms with van der Waals surface area (Å²) >= 11 is 0. The van der Waals surface area contributed by atoms with Gasteiger partial charge in [-0.25, -0.2) is 4.79 Å². The topological polar surface area (TPSA) is 87.7 Å². The Hall–Kier alpha value is -3.01. The van der Waals surface area contributed by atoms with Crippen molar-refractivity contribution in [2.75, 3.05) is 6.54 Å². The second-order valence-corrected chi connectivity index (χ2v) is 9.25. The van der Waals surface area contributed by atoms with E-state index < -0.39 is 29.7 Å². The van der Waals surface area contributed by atoms with Crippen molar-refractivity contribution in [1.82, 2.24) is 15.5 Å². The van der Waals surface area contributed by atoms with E-state index in [0.717, 1.165) is 23.3 Å². The molecule has 0 bridgehead atoms. The summed E-state index contributed by atoms with van der Waals surface area (Å²) in [5, 5.41) is 5.56. The number of carbonyl (C=O) groups is 3. The number of carbonyl (C=O) groups excluding carboxylic acids is 3. The summed E-state index contributed by atoms with van der Waals surface area (Å²) in [6, 6.07) is 7.76. The van der Waals surface area contributed by atoms with Gasteiger partial charge in [-0.05, 0) is 51.2 Å². The molecule has 7 heteroatoms. The summed E-state index contributed by atoms with van der Waals surface area (Å²) in [5.41, 5.74) is 0.751. The Morgan fingerprint density at radius 2 is 1.82 bits per heavy atom. The zero-order chi connectivity index (χ0) is 25.2. The Kier molecular flexibility index (Phi) is 10.9. The largest absolute Gasteiger partial charge is 0.444 e. The Bertz CT molecular complexity index is 854. The number of rotatable bonds is 10.